The molecule has 0 radical (unpaired) electrons. The summed E-state index contributed by atoms with van der Waals surface area (Å²) in [4.78, 5) is 0. The fraction of sp³-hybridized carbons (Fsp3) is 0.333. The van der Waals surface area contributed by atoms with Crippen molar-refractivity contribution in [2.45, 2.75) is 31.8 Å². The van der Waals surface area contributed by atoms with Crippen molar-refractivity contribution in [2.75, 3.05) is 0 Å². The molecule has 0 spiro atoms. The average molecular weight is 322 g/mol. The Hall–Kier alpha value is -0.640. The van der Waals surface area contributed by atoms with E-state index in [2.05, 4.69) is 56.3 Å². The number of hydrogen-bond acceptors (Lipinski definition) is 2. The smallest absolute Gasteiger partial charge is 0.0216 e. The molecule has 18 heavy (non-hydrogen) atoms. The van der Waals surface area contributed by atoms with Crippen LogP contribution in [-0.2, 0) is 19.4 Å². The maximum atomic E-state index is 3.67. The molecule has 3 rings (SSSR count). The number of benzene rings is 1. The van der Waals surface area contributed by atoms with Crippen molar-refractivity contribution < 1.29 is 0 Å². The van der Waals surface area contributed by atoms with Crippen molar-refractivity contribution in [1.29, 1.82) is 0 Å². The molecule has 0 aliphatic heterocycles. The highest BCUT2D eigenvalue weighted by Gasteiger charge is 2.18. The number of hydrogen-bond donors (Lipinski definition) is 1. The predicted octanol–water partition coefficient (Wildman–Crippen LogP) is 4.16. The number of rotatable bonds is 3. The Morgan fingerprint density at radius 3 is 3.06 bits per heavy atom. The van der Waals surface area contributed by atoms with E-state index in [-0.39, 0.29) is 0 Å². The first-order valence-corrected chi connectivity index (χ1v) is 8.06. The highest BCUT2D eigenvalue weighted by atomic mass is 79.9. The van der Waals surface area contributed by atoms with Crippen LogP contribution in [0, 0.1) is 0 Å². The van der Waals surface area contributed by atoms with E-state index in [0.29, 0.717) is 6.04 Å². The summed E-state index contributed by atoms with van der Waals surface area (Å²) in [5, 5.41) is 8.04. The summed E-state index contributed by atoms with van der Waals surface area (Å²) < 4.78 is 1.20. The van der Waals surface area contributed by atoms with Gasteiger partial charge in [-0.05, 0) is 64.9 Å². The van der Waals surface area contributed by atoms with E-state index in [1.54, 1.807) is 11.3 Å². The number of aryl methyl sites for hydroxylation is 1. The number of fused-ring (bicyclic) bond motifs is 1. The van der Waals surface area contributed by atoms with Crippen LogP contribution in [-0.4, -0.2) is 6.04 Å². The molecule has 0 bridgehead atoms. The second-order valence-electron chi connectivity index (χ2n) is 4.87. The van der Waals surface area contributed by atoms with Crippen LogP contribution >= 0.6 is 27.3 Å². The van der Waals surface area contributed by atoms with Crippen molar-refractivity contribution >= 4 is 27.3 Å². The highest BCUT2D eigenvalue weighted by molar-refractivity contribution is 9.10. The van der Waals surface area contributed by atoms with Crippen molar-refractivity contribution in [3.63, 3.8) is 0 Å². The van der Waals surface area contributed by atoms with Crippen LogP contribution in [0.15, 0.2) is 39.5 Å². The van der Waals surface area contributed by atoms with Gasteiger partial charge in [-0.2, -0.15) is 11.3 Å². The maximum absolute atomic E-state index is 3.67. The summed E-state index contributed by atoms with van der Waals surface area (Å²) in [6, 6.07) is 9.51. The molecule has 94 valence electrons. The second kappa shape index (κ2) is 5.55. The third-order valence-corrected chi connectivity index (χ3v) is 4.80. The van der Waals surface area contributed by atoms with Gasteiger partial charge >= 0.3 is 0 Å². The van der Waals surface area contributed by atoms with Crippen molar-refractivity contribution in [1.82, 2.24) is 5.32 Å². The van der Waals surface area contributed by atoms with Crippen LogP contribution in [0.5, 0.6) is 0 Å². The van der Waals surface area contributed by atoms with Crippen molar-refractivity contribution in [3.8, 4) is 0 Å². The van der Waals surface area contributed by atoms with Gasteiger partial charge in [-0.1, -0.05) is 22.0 Å². The van der Waals surface area contributed by atoms with E-state index in [1.165, 1.54) is 34.0 Å². The molecule has 1 heterocycles. The van der Waals surface area contributed by atoms with Crippen molar-refractivity contribution in [3.05, 3.63) is 56.2 Å². The zero-order chi connectivity index (χ0) is 12.4. The van der Waals surface area contributed by atoms with Gasteiger partial charge in [0.1, 0.15) is 0 Å². The van der Waals surface area contributed by atoms with E-state index in [9.17, 15) is 0 Å². The van der Waals surface area contributed by atoms with Gasteiger partial charge in [0.15, 0.2) is 0 Å². The Bertz CT molecular complexity index is 521. The largest absolute Gasteiger partial charge is 0.310 e. The number of nitrogens with one attached hydrogen (secondary N) is 1. The first-order valence-electron chi connectivity index (χ1n) is 6.33. The first-order chi connectivity index (χ1) is 8.81. The SMILES string of the molecule is Brc1ccc2c(c1)CCC(NCc1ccsc1)C2. The van der Waals surface area contributed by atoms with Gasteiger partial charge in [0, 0.05) is 17.1 Å². The summed E-state index contributed by atoms with van der Waals surface area (Å²) >= 11 is 5.32. The Balaban J connectivity index is 1.62. The summed E-state index contributed by atoms with van der Waals surface area (Å²) in [5.74, 6) is 0. The molecule has 0 fully saturated rings. The standard InChI is InChI=1S/C15H16BrNS/c16-14-3-1-13-8-15(4-2-12(13)7-14)17-9-11-5-6-18-10-11/h1,3,5-7,10,15,17H,2,4,8-9H2. The molecule has 1 unspecified atom stereocenters. The number of halogens is 1. The summed E-state index contributed by atoms with van der Waals surface area (Å²) in [6.45, 7) is 1.00. The summed E-state index contributed by atoms with van der Waals surface area (Å²) in [6.07, 6.45) is 3.59. The van der Waals surface area contributed by atoms with Gasteiger partial charge in [0.05, 0.1) is 0 Å². The topological polar surface area (TPSA) is 12.0 Å². The van der Waals surface area contributed by atoms with Gasteiger partial charge in [0.2, 0.25) is 0 Å². The molecule has 1 aromatic heterocycles. The van der Waals surface area contributed by atoms with Crippen LogP contribution in [0.1, 0.15) is 23.1 Å². The second-order valence-corrected chi connectivity index (χ2v) is 6.56. The lowest BCUT2D eigenvalue weighted by Crippen LogP contribution is -2.33. The molecular formula is C15H16BrNS. The van der Waals surface area contributed by atoms with Crippen LogP contribution in [0.2, 0.25) is 0 Å². The minimum Gasteiger partial charge on any atom is -0.310 e. The molecule has 1 atom stereocenters. The van der Waals surface area contributed by atoms with Crippen LogP contribution in [0.4, 0.5) is 0 Å². The Morgan fingerprint density at radius 1 is 1.28 bits per heavy atom. The third kappa shape index (κ3) is 2.85. The maximum Gasteiger partial charge on any atom is 0.0216 e. The van der Waals surface area contributed by atoms with Gasteiger partial charge < -0.3 is 5.32 Å². The summed E-state index contributed by atoms with van der Waals surface area (Å²) in [7, 11) is 0. The molecule has 0 saturated carbocycles. The molecular weight excluding hydrogens is 306 g/mol. The van der Waals surface area contributed by atoms with Crippen LogP contribution < -0.4 is 5.32 Å². The van der Waals surface area contributed by atoms with E-state index >= 15 is 0 Å². The zero-order valence-corrected chi connectivity index (χ0v) is 12.6. The first kappa shape index (κ1) is 12.4. The van der Waals surface area contributed by atoms with Gasteiger partial charge in [-0.25, -0.2) is 0 Å². The van der Waals surface area contributed by atoms with Gasteiger partial charge in [0.25, 0.3) is 0 Å². The minimum atomic E-state index is 0.624. The van der Waals surface area contributed by atoms with E-state index < -0.39 is 0 Å². The molecule has 1 aliphatic rings. The lowest BCUT2D eigenvalue weighted by Gasteiger charge is -2.25. The average Bonchev–Trinajstić information content (AvgIpc) is 2.89. The van der Waals surface area contributed by atoms with E-state index in [1.807, 2.05) is 0 Å². The molecule has 1 aromatic carbocycles. The monoisotopic (exact) mass is 321 g/mol. The fourth-order valence-corrected chi connectivity index (χ4v) is 3.63. The molecule has 1 aliphatic carbocycles. The Labute approximate surface area is 120 Å². The minimum absolute atomic E-state index is 0.624. The molecule has 1 nitrogen and oxygen atoms in total. The molecule has 0 saturated heterocycles. The van der Waals surface area contributed by atoms with Crippen molar-refractivity contribution in [2.24, 2.45) is 0 Å². The molecule has 3 heteroatoms. The van der Waals surface area contributed by atoms with Crippen LogP contribution in [0.25, 0.3) is 0 Å². The fourth-order valence-electron chi connectivity index (χ4n) is 2.55. The predicted molar refractivity (Wildman–Crippen MR) is 81.1 cm³/mol. The van der Waals surface area contributed by atoms with E-state index in [0.717, 1.165) is 13.0 Å². The highest BCUT2D eigenvalue weighted by Crippen LogP contribution is 2.25. The summed E-state index contributed by atoms with van der Waals surface area (Å²) in [5.41, 5.74) is 4.42. The zero-order valence-electron chi connectivity index (χ0n) is 10.2. The molecule has 0 amide bonds. The van der Waals surface area contributed by atoms with Crippen LogP contribution in [0.3, 0.4) is 0 Å². The van der Waals surface area contributed by atoms with E-state index in [4.69, 9.17) is 0 Å². The third-order valence-electron chi connectivity index (χ3n) is 3.57. The Morgan fingerprint density at radius 2 is 2.22 bits per heavy atom. The van der Waals surface area contributed by atoms with Gasteiger partial charge in [-0.15, -0.1) is 0 Å². The number of thiophene rings is 1. The molecule has 1 N–H and O–H groups in total. The quantitative estimate of drug-likeness (QED) is 0.895. The molecule has 2 aromatic rings. The Kier molecular flexibility index (Phi) is 3.83. The lowest BCUT2D eigenvalue weighted by molar-refractivity contribution is 0.458. The van der Waals surface area contributed by atoms with Gasteiger partial charge in [-0.3, -0.25) is 0 Å². The normalized spacial score (nSPS) is 18.6. The lowest BCUT2D eigenvalue weighted by atomic mass is 9.88.